The molecule has 2 aliphatic heterocycles. The van der Waals surface area contributed by atoms with E-state index >= 15 is 0 Å². The van der Waals surface area contributed by atoms with Gasteiger partial charge in [-0.25, -0.2) is 14.4 Å². The molecule has 2 saturated heterocycles. The smallest absolute Gasteiger partial charge is 0.403 e. The fourth-order valence-electron chi connectivity index (χ4n) is 5.04. The summed E-state index contributed by atoms with van der Waals surface area (Å²) < 4.78 is 61.6. The summed E-state index contributed by atoms with van der Waals surface area (Å²) in [7, 11) is 0. The molecule has 2 fully saturated rings. The number of alkyl halides is 3. The molecule has 3 heterocycles. The molecule has 2 aromatic carbocycles. The maximum Gasteiger partial charge on any atom is 0.573 e. The van der Waals surface area contributed by atoms with E-state index < -0.39 is 29.9 Å². The summed E-state index contributed by atoms with van der Waals surface area (Å²) in [5.74, 6) is -2.09. The number of hydrogen-bond acceptors (Lipinski definition) is 7. The van der Waals surface area contributed by atoms with Gasteiger partial charge < -0.3 is 25.4 Å². The fourth-order valence-corrected chi connectivity index (χ4v) is 5.04. The minimum atomic E-state index is -5.01. The molecule has 0 radical (unpaired) electrons. The van der Waals surface area contributed by atoms with Crippen molar-refractivity contribution in [3.8, 4) is 5.75 Å². The number of carbonyl (C=O) groups excluding carboxylic acids is 1. The third-order valence-electron chi connectivity index (χ3n) is 7.03. The molecule has 0 spiro atoms. The van der Waals surface area contributed by atoms with Gasteiger partial charge in [0.05, 0.1) is 11.6 Å². The number of nitrogens with one attached hydrogen (secondary N) is 3. The number of piperidine rings is 1. The minimum absolute atomic E-state index is 0.0884. The largest absolute Gasteiger partial charge is 0.573 e. The number of fused-ring (bicyclic) bond motifs is 1. The van der Waals surface area contributed by atoms with Crippen LogP contribution >= 0.6 is 0 Å². The Morgan fingerprint density at radius 3 is 2.67 bits per heavy atom. The van der Waals surface area contributed by atoms with E-state index in [9.17, 15) is 22.4 Å². The standard InChI is InChI=1S/C27H29F4N5O3/c28-21-12-16(5-6-23(21)39-27(29,30)31)24(19-2-1-9-32-14-19)36-25(37)17-3-4-18-15-33-26(35-22(18)13-17)34-20-7-10-38-11-8-20/h3-6,12-13,15,19-20,24,32H,1-2,7-11,14H2,(H,36,37)(H,33,34,35)/t19?,24-/m0/s1. The predicted octanol–water partition coefficient (Wildman–Crippen LogP) is 4.73. The van der Waals surface area contributed by atoms with E-state index in [-0.39, 0.29) is 12.0 Å². The van der Waals surface area contributed by atoms with E-state index in [1.165, 1.54) is 6.07 Å². The third-order valence-corrected chi connectivity index (χ3v) is 7.03. The number of anilines is 1. The van der Waals surface area contributed by atoms with Gasteiger partial charge in [0, 0.05) is 42.9 Å². The molecule has 208 valence electrons. The molecule has 8 nitrogen and oxygen atoms in total. The fraction of sp³-hybridized carbons (Fsp3) is 0.444. The van der Waals surface area contributed by atoms with Crippen molar-refractivity contribution in [2.24, 2.45) is 5.92 Å². The molecule has 3 aromatic rings. The number of nitrogens with zero attached hydrogens (tertiary/aromatic N) is 2. The second kappa shape index (κ2) is 11.7. The van der Waals surface area contributed by atoms with Gasteiger partial charge in [0.15, 0.2) is 11.6 Å². The van der Waals surface area contributed by atoms with Gasteiger partial charge in [0.25, 0.3) is 5.91 Å². The van der Waals surface area contributed by atoms with Crippen LogP contribution in [-0.2, 0) is 4.74 Å². The van der Waals surface area contributed by atoms with E-state index in [0.717, 1.165) is 49.7 Å². The molecule has 3 N–H and O–H groups in total. The Kier molecular flexibility index (Phi) is 8.12. The van der Waals surface area contributed by atoms with Gasteiger partial charge in [0.2, 0.25) is 5.95 Å². The molecule has 2 atom stereocenters. The van der Waals surface area contributed by atoms with Crippen LogP contribution in [0.5, 0.6) is 5.75 Å². The van der Waals surface area contributed by atoms with Crippen molar-refractivity contribution in [2.45, 2.75) is 44.1 Å². The normalized spacial score (nSPS) is 19.4. The van der Waals surface area contributed by atoms with Gasteiger partial charge in [-0.2, -0.15) is 0 Å². The van der Waals surface area contributed by atoms with Crippen LogP contribution in [0.2, 0.25) is 0 Å². The lowest BCUT2D eigenvalue weighted by Crippen LogP contribution is -2.41. The zero-order chi connectivity index (χ0) is 27.4. The Bertz CT molecular complexity index is 1310. The highest BCUT2D eigenvalue weighted by Crippen LogP contribution is 2.32. The maximum absolute atomic E-state index is 14.6. The van der Waals surface area contributed by atoms with Crippen molar-refractivity contribution in [2.75, 3.05) is 31.6 Å². The van der Waals surface area contributed by atoms with Crippen LogP contribution < -0.4 is 20.7 Å². The predicted molar refractivity (Wildman–Crippen MR) is 136 cm³/mol. The van der Waals surface area contributed by atoms with E-state index in [4.69, 9.17) is 4.74 Å². The minimum Gasteiger partial charge on any atom is -0.403 e. The van der Waals surface area contributed by atoms with E-state index in [1.807, 2.05) is 0 Å². The van der Waals surface area contributed by atoms with Gasteiger partial charge >= 0.3 is 6.36 Å². The van der Waals surface area contributed by atoms with Crippen molar-refractivity contribution in [1.82, 2.24) is 20.6 Å². The summed E-state index contributed by atoms with van der Waals surface area (Å²) >= 11 is 0. The first-order chi connectivity index (χ1) is 18.7. The summed E-state index contributed by atoms with van der Waals surface area (Å²) in [6.07, 6.45) is -0.00786. The van der Waals surface area contributed by atoms with Crippen LogP contribution in [-0.4, -0.2) is 54.6 Å². The number of amides is 1. The van der Waals surface area contributed by atoms with Gasteiger partial charge in [-0.05, 0) is 68.0 Å². The molecule has 12 heteroatoms. The van der Waals surface area contributed by atoms with Crippen molar-refractivity contribution in [1.29, 1.82) is 0 Å². The lowest BCUT2D eigenvalue weighted by molar-refractivity contribution is -0.275. The van der Waals surface area contributed by atoms with Crippen molar-refractivity contribution < 1.29 is 31.8 Å². The number of benzene rings is 2. The molecular formula is C27H29F4N5O3. The van der Waals surface area contributed by atoms with E-state index in [1.54, 1.807) is 24.4 Å². The average molecular weight is 548 g/mol. The van der Waals surface area contributed by atoms with Crippen molar-refractivity contribution in [3.05, 3.63) is 59.5 Å². The van der Waals surface area contributed by atoms with Crippen LogP contribution in [0, 0.1) is 11.7 Å². The molecule has 0 bridgehead atoms. The van der Waals surface area contributed by atoms with E-state index in [0.29, 0.717) is 42.4 Å². The number of carbonyl (C=O) groups is 1. The summed E-state index contributed by atoms with van der Waals surface area (Å²) in [5, 5.41) is 10.3. The molecule has 5 rings (SSSR count). The van der Waals surface area contributed by atoms with Gasteiger partial charge in [-0.15, -0.1) is 13.2 Å². The first kappa shape index (κ1) is 27.1. The quantitative estimate of drug-likeness (QED) is 0.368. The first-order valence-electron chi connectivity index (χ1n) is 12.9. The van der Waals surface area contributed by atoms with Crippen LogP contribution in [0.15, 0.2) is 42.6 Å². The maximum atomic E-state index is 14.6. The molecule has 1 amide bonds. The highest BCUT2D eigenvalue weighted by Gasteiger charge is 2.33. The highest BCUT2D eigenvalue weighted by molar-refractivity contribution is 5.98. The Hall–Kier alpha value is -3.51. The lowest BCUT2D eigenvalue weighted by Gasteiger charge is -2.32. The van der Waals surface area contributed by atoms with Crippen molar-refractivity contribution >= 4 is 22.8 Å². The number of ether oxygens (including phenoxy) is 2. The first-order valence-corrected chi connectivity index (χ1v) is 12.9. The topological polar surface area (TPSA) is 97.4 Å². The van der Waals surface area contributed by atoms with Crippen LogP contribution in [0.1, 0.15) is 47.6 Å². The van der Waals surface area contributed by atoms with Gasteiger partial charge in [-0.1, -0.05) is 12.1 Å². The molecule has 0 saturated carbocycles. The Morgan fingerprint density at radius 1 is 1.13 bits per heavy atom. The number of hydrogen-bond donors (Lipinski definition) is 3. The zero-order valence-electron chi connectivity index (χ0n) is 21.1. The molecule has 1 aromatic heterocycles. The third kappa shape index (κ3) is 6.93. The monoisotopic (exact) mass is 547 g/mol. The number of rotatable bonds is 7. The number of aromatic nitrogens is 2. The molecule has 39 heavy (non-hydrogen) atoms. The summed E-state index contributed by atoms with van der Waals surface area (Å²) in [4.78, 5) is 22.3. The van der Waals surface area contributed by atoms with Crippen LogP contribution in [0.3, 0.4) is 0 Å². The number of halogens is 4. The average Bonchev–Trinajstić information content (AvgIpc) is 2.93. The van der Waals surface area contributed by atoms with Gasteiger partial charge in [0.1, 0.15) is 0 Å². The van der Waals surface area contributed by atoms with Gasteiger partial charge in [-0.3, -0.25) is 4.79 Å². The Balaban J connectivity index is 1.37. The lowest BCUT2D eigenvalue weighted by atomic mass is 9.87. The SMILES string of the molecule is O=C(N[C@@H](c1ccc(OC(F)(F)F)c(F)c1)C1CCCNC1)c1ccc2cnc(NC3CCOCC3)nc2c1. The Labute approximate surface area is 222 Å². The van der Waals surface area contributed by atoms with E-state index in [2.05, 4.69) is 30.7 Å². The Morgan fingerprint density at radius 2 is 1.95 bits per heavy atom. The summed E-state index contributed by atoms with van der Waals surface area (Å²) in [5.41, 5.74) is 1.29. The zero-order valence-corrected chi connectivity index (χ0v) is 21.1. The second-order valence-corrected chi connectivity index (χ2v) is 9.79. The molecular weight excluding hydrogens is 518 g/mol. The molecule has 1 unspecified atom stereocenters. The highest BCUT2D eigenvalue weighted by atomic mass is 19.4. The molecule has 0 aliphatic carbocycles. The van der Waals surface area contributed by atoms with Crippen molar-refractivity contribution in [3.63, 3.8) is 0 Å². The van der Waals surface area contributed by atoms with Crippen LogP contribution in [0.4, 0.5) is 23.5 Å². The molecule has 2 aliphatic rings. The second-order valence-electron chi connectivity index (χ2n) is 9.79. The van der Waals surface area contributed by atoms with Crippen LogP contribution in [0.25, 0.3) is 10.9 Å². The summed E-state index contributed by atoms with van der Waals surface area (Å²) in [6.45, 7) is 2.74. The summed E-state index contributed by atoms with van der Waals surface area (Å²) in [6, 6.07) is 7.93.